The molecule has 2 heterocycles. The van der Waals surface area contributed by atoms with Gasteiger partial charge in [-0.3, -0.25) is 15.0 Å². The van der Waals surface area contributed by atoms with Crippen molar-refractivity contribution < 1.29 is 19.2 Å². The molecule has 2 N–H and O–H groups in total. The Kier molecular flexibility index (Phi) is 3.12. The van der Waals surface area contributed by atoms with Gasteiger partial charge in [-0.05, 0) is 19.8 Å². The molecular formula is C15H26N3O3+. The van der Waals surface area contributed by atoms with Gasteiger partial charge in [0, 0.05) is 5.41 Å². The van der Waals surface area contributed by atoms with Gasteiger partial charge in [0.25, 0.3) is 5.91 Å². The average Bonchev–Trinajstić information content (AvgIpc) is 2.72. The van der Waals surface area contributed by atoms with Gasteiger partial charge in [0.2, 0.25) is 0 Å². The zero-order valence-electron chi connectivity index (χ0n) is 13.4. The van der Waals surface area contributed by atoms with Crippen molar-refractivity contribution in [1.82, 2.24) is 10.4 Å². The van der Waals surface area contributed by atoms with E-state index in [0.29, 0.717) is 6.42 Å². The van der Waals surface area contributed by atoms with Gasteiger partial charge in [0.1, 0.15) is 0 Å². The second-order valence-corrected chi connectivity index (χ2v) is 7.56. The first kappa shape index (κ1) is 14.8. The molecule has 0 aromatic heterocycles. The standard InChI is InChI=1S/C15H25N3O3/c1-13(2)14(3)5-6-15(13,21-12(14)20)11(19)16-18-9-7-17(4)8-10-18/h5-10H2,1-4H3,(H,16,19)/p+1/t14-,15-/m0/s1. The zero-order chi connectivity index (χ0) is 15.5. The number of fused-ring (bicyclic) bond motifs is 2. The van der Waals surface area contributed by atoms with Crippen LogP contribution >= 0.6 is 0 Å². The predicted molar refractivity (Wildman–Crippen MR) is 76.3 cm³/mol. The maximum Gasteiger partial charge on any atom is 0.313 e. The Morgan fingerprint density at radius 3 is 2.33 bits per heavy atom. The molecule has 0 aromatic carbocycles. The van der Waals surface area contributed by atoms with Gasteiger partial charge >= 0.3 is 5.97 Å². The van der Waals surface area contributed by atoms with Crippen LogP contribution in [0.25, 0.3) is 0 Å². The van der Waals surface area contributed by atoms with E-state index < -0.39 is 16.4 Å². The molecule has 6 nitrogen and oxygen atoms in total. The molecule has 3 aliphatic rings. The summed E-state index contributed by atoms with van der Waals surface area (Å²) in [6.07, 6.45) is 1.34. The number of piperazine rings is 1. The number of esters is 1. The van der Waals surface area contributed by atoms with Crippen molar-refractivity contribution in [3.63, 3.8) is 0 Å². The van der Waals surface area contributed by atoms with E-state index in [-0.39, 0.29) is 11.9 Å². The van der Waals surface area contributed by atoms with Crippen molar-refractivity contribution in [3.8, 4) is 0 Å². The minimum atomic E-state index is -1.00. The highest BCUT2D eigenvalue weighted by molar-refractivity contribution is 5.96. The number of hydrogen-bond acceptors (Lipinski definition) is 4. The number of nitrogens with one attached hydrogen (secondary N) is 2. The summed E-state index contributed by atoms with van der Waals surface area (Å²) >= 11 is 0. The Labute approximate surface area is 125 Å². The fraction of sp³-hybridized carbons (Fsp3) is 0.867. The number of ether oxygens (including phenoxy) is 1. The summed E-state index contributed by atoms with van der Waals surface area (Å²) in [6, 6.07) is 0. The van der Waals surface area contributed by atoms with E-state index in [1.54, 1.807) is 0 Å². The number of carbonyl (C=O) groups is 2. The van der Waals surface area contributed by atoms with E-state index in [1.807, 2.05) is 25.8 Å². The number of amides is 1. The number of rotatable bonds is 2. The van der Waals surface area contributed by atoms with E-state index in [4.69, 9.17) is 4.74 Å². The second kappa shape index (κ2) is 4.43. The molecule has 3 fully saturated rings. The molecular weight excluding hydrogens is 270 g/mol. The fourth-order valence-corrected chi connectivity index (χ4v) is 3.98. The minimum Gasteiger partial charge on any atom is -0.448 e. The summed E-state index contributed by atoms with van der Waals surface area (Å²) in [6.45, 7) is 9.58. The van der Waals surface area contributed by atoms with E-state index in [0.717, 1.165) is 32.6 Å². The van der Waals surface area contributed by atoms with Gasteiger partial charge in [-0.1, -0.05) is 13.8 Å². The summed E-state index contributed by atoms with van der Waals surface area (Å²) < 4.78 is 5.61. The first-order valence-electron chi connectivity index (χ1n) is 7.84. The van der Waals surface area contributed by atoms with Crippen LogP contribution in [0, 0.1) is 10.8 Å². The van der Waals surface area contributed by atoms with Gasteiger partial charge in [0.05, 0.1) is 38.6 Å². The van der Waals surface area contributed by atoms with Crippen LogP contribution in [0.3, 0.4) is 0 Å². The van der Waals surface area contributed by atoms with Crippen molar-refractivity contribution in [1.29, 1.82) is 0 Å². The molecule has 2 atom stereocenters. The van der Waals surface area contributed by atoms with Crippen molar-refractivity contribution in [3.05, 3.63) is 0 Å². The van der Waals surface area contributed by atoms with Crippen LogP contribution in [0.5, 0.6) is 0 Å². The normalized spacial score (nSPS) is 39.3. The van der Waals surface area contributed by atoms with Crippen LogP contribution in [0.1, 0.15) is 33.6 Å². The largest absolute Gasteiger partial charge is 0.448 e. The van der Waals surface area contributed by atoms with Crippen LogP contribution < -0.4 is 10.3 Å². The third kappa shape index (κ3) is 1.78. The number of likely N-dealkylation sites (N-methyl/N-ethyl adjacent to an activating group) is 1. The summed E-state index contributed by atoms with van der Waals surface area (Å²) in [5.41, 5.74) is 0.974. The third-order valence-corrected chi connectivity index (χ3v) is 6.33. The van der Waals surface area contributed by atoms with Gasteiger partial charge in [-0.15, -0.1) is 0 Å². The summed E-state index contributed by atoms with van der Waals surface area (Å²) in [5, 5.41) is 1.96. The maximum absolute atomic E-state index is 12.8. The Morgan fingerprint density at radius 1 is 1.24 bits per heavy atom. The van der Waals surface area contributed by atoms with Crippen LogP contribution in [0.4, 0.5) is 0 Å². The lowest BCUT2D eigenvalue weighted by Gasteiger charge is -2.38. The monoisotopic (exact) mass is 296 g/mol. The van der Waals surface area contributed by atoms with Crippen LogP contribution in [0.15, 0.2) is 0 Å². The highest BCUT2D eigenvalue weighted by Gasteiger charge is 2.75. The molecule has 2 bridgehead atoms. The number of carbonyl (C=O) groups excluding carboxylic acids is 2. The predicted octanol–water partition coefficient (Wildman–Crippen LogP) is -1.03. The lowest BCUT2D eigenvalue weighted by Crippen LogP contribution is -3.12. The van der Waals surface area contributed by atoms with Crippen LogP contribution in [0.2, 0.25) is 0 Å². The molecule has 0 aromatic rings. The SMILES string of the molecule is C[NH+]1CCN(NC(=O)[C@]23CC[C@@](C)(C(=O)O2)C3(C)C)CC1. The lowest BCUT2D eigenvalue weighted by molar-refractivity contribution is -0.884. The first-order chi connectivity index (χ1) is 9.73. The number of quaternary nitrogens is 1. The molecule has 0 spiro atoms. The Morgan fingerprint density at radius 2 is 1.86 bits per heavy atom. The molecule has 0 unspecified atom stereocenters. The van der Waals surface area contributed by atoms with Crippen molar-refractivity contribution in [2.75, 3.05) is 33.2 Å². The minimum absolute atomic E-state index is 0.151. The molecule has 3 rings (SSSR count). The molecule has 6 heteroatoms. The van der Waals surface area contributed by atoms with E-state index in [2.05, 4.69) is 12.5 Å². The topological polar surface area (TPSA) is 63.1 Å². The Hall–Kier alpha value is -1.14. The molecule has 0 radical (unpaired) electrons. The van der Waals surface area contributed by atoms with Crippen LogP contribution in [-0.4, -0.2) is 55.7 Å². The molecule has 21 heavy (non-hydrogen) atoms. The molecule has 1 aliphatic carbocycles. The average molecular weight is 296 g/mol. The number of hydrogen-bond donors (Lipinski definition) is 2. The molecule has 1 saturated carbocycles. The first-order valence-corrected chi connectivity index (χ1v) is 7.84. The van der Waals surface area contributed by atoms with Gasteiger partial charge in [-0.2, -0.15) is 0 Å². The number of hydrazine groups is 1. The molecule has 118 valence electrons. The van der Waals surface area contributed by atoms with E-state index in [9.17, 15) is 9.59 Å². The Bertz CT molecular complexity index is 485. The second-order valence-electron chi connectivity index (χ2n) is 7.56. The summed E-state index contributed by atoms with van der Waals surface area (Å²) in [4.78, 5) is 26.5. The summed E-state index contributed by atoms with van der Waals surface area (Å²) in [5.74, 6) is -0.377. The maximum atomic E-state index is 12.8. The highest BCUT2D eigenvalue weighted by Crippen LogP contribution is 2.65. The molecule has 2 saturated heterocycles. The van der Waals surface area contributed by atoms with E-state index in [1.165, 1.54) is 4.90 Å². The molecule has 2 aliphatic heterocycles. The summed E-state index contributed by atoms with van der Waals surface area (Å²) in [7, 11) is 2.15. The van der Waals surface area contributed by atoms with Crippen molar-refractivity contribution >= 4 is 11.9 Å². The lowest BCUT2D eigenvalue weighted by atomic mass is 9.66. The zero-order valence-corrected chi connectivity index (χ0v) is 13.4. The van der Waals surface area contributed by atoms with Crippen LogP contribution in [-0.2, 0) is 14.3 Å². The van der Waals surface area contributed by atoms with Gasteiger partial charge < -0.3 is 9.64 Å². The van der Waals surface area contributed by atoms with Gasteiger partial charge in [0.15, 0.2) is 5.60 Å². The smallest absolute Gasteiger partial charge is 0.313 e. The van der Waals surface area contributed by atoms with Gasteiger partial charge in [-0.25, -0.2) is 5.01 Å². The van der Waals surface area contributed by atoms with E-state index >= 15 is 0 Å². The number of nitrogens with zero attached hydrogens (tertiary/aromatic N) is 1. The Balaban J connectivity index is 1.77. The quantitative estimate of drug-likeness (QED) is 0.640. The molecule has 1 amide bonds. The highest BCUT2D eigenvalue weighted by atomic mass is 16.6. The van der Waals surface area contributed by atoms with Crippen molar-refractivity contribution in [2.24, 2.45) is 10.8 Å². The third-order valence-electron chi connectivity index (χ3n) is 6.33. The fourth-order valence-electron chi connectivity index (χ4n) is 3.98. The van der Waals surface area contributed by atoms with Crippen molar-refractivity contribution in [2.45, 2.75) is 39.2 Å².